The van der Waals surface area contributed by atoms with Crippen molar-refractivity contribution in [1.82, 2.24) is 25.1 Å². The number of amides is 1. The summed E-state index contributed by atoms with van der Waals surface area (Å²) in [5.74, 6) is 0.397. The van der Waals surface area contributed by atoms with E-state index in [1.807, 2.05) is 6.07 Å². The highest BCUT2D eigenvalue weighted by Crippen LogP contribution is 2.27. The second kappa shape index (κ2) is 5.20. The minimum absolute atomic E-state index is 0.119. The van der Waals surface area contributed by atoms with Gasteiger partial charge in [-0.05, 0) is 24.3 Å². The van der Waals surface area contributed by atoms with Gasteiger partial charge in [0.25, 0.3) is 5.91 Å². The van der Waals surface area contributed by atoms with Gasteiger partial charge < -0.3 is 10.4 Å². The smallest absolute Gasteiger partial charge is 0.269 e. The number of phenols is 1. The van der Waals surface area contributed by atoms with E-state index >= 15 is 0 Å². The Kier molecular flexibility index (Phi) is 3.04. The minimum atomic E-state index is -0.134. The summed E-state index contributed by atoms with van der Waals surface area (Å²) in [5, 5.41) is 17.2. The molecule has 3 aromatic rings. The zero-order valence-electron chi connectivity index (χ0n) is 12.1. The lowest BCUT2D eigenvalue weighted by atomic mass is 10.2. The van der Waals surface area contributed by atoms with Crippen molar-refractivity contribution in [1.29, 1.82) is 0 Å². The van der Waals surface area contributed by atoms with Gasteiger partial charge >= 0.3 is 0 Å². The summed E-state index contributed by atoms with van der Waals surface area (Å²) in [6.45, 7) is 1.21. The summed E-state index contributed by atoms with van der Waals surface area (Å²) >= 11 is 0. The van der Waals surface area contributed by atoms with E-state index in [2.05, 4.69) is 20.4 Å². The molecule has 0 radical (unpaired) electrons. The first-order valence-electron chi connectivity index (χ1n) is 7.20. The van der Waals surface area contributed by atoms with Gasteiger partial charge in [0, 0.05) is 12.7 Å². The number of aromatic nitrogens is 4. The maximum atomic E-state index is 11.8. The van der Waals surface area contributed by atoms with E-state index in [4.69, 9.17) is 0 Å². The summed E-state index contributed by atoms with van der Waals surface area (Å²) in [7, 11) is 0. The number of carbonyl (C=O) groups is 1. The van der Waals surface area contributed by atoms with Crippen LogP contribution < -0.4 is 5.32 Å². The van der Waals surface area contributed by atoms with E-state index < -0.39 is 0 Å². The second-order valence-electron chi connectivity index (χ2n) is 5.18. The number of hydrogen-bond donors (Lipinski definition) is 2. The van der Waals surface area contributed by atoms with E-state index in [0.29, 0.717) is 41.6 Å². The Bertz CT molecular complexity index is 903. The van der Waals surface area contributed by atoms with E-state index in [1.165, 1.54) is 0 Å². The summed E-state index contributed by atoms with van der Waals surface area (Å²) in [4.78, 5) is 20.5. The first kappa shape index (κ1) is 13.4. The average Bonchev–Trinajstić information content (AvgIpc) is 3.01. The standard InChI is InChI=1S/C16H13N5O2/c22-14-4-2-1-3-10(14)15-17-6-5-11(19-15)12-9-13-16(23)18-7-8-21(13)20-12/h1-6,9,22H,7-8H2,(H,18,23). The fraction of sp³-hybridized carbons (Fsp3) is 0.125. The van der Waals surface area contributed by atoms with Crippen molar-refractivity contribution in [3.05, 3.63) is 48.3 Å². The molecule has 2 aromatic heterocycles. The van der Waals surface area contributed by atoms with Crippen LogP contribution in [-0.4, -0.2) is 37.3 Å². The van der Waals surface area contributed by atoms with Gasteiger partial charge in [0.05, 0.1) is 17.8 Å². The number of rotatable bonds is 2. The van der Waals surface area contributed by atoms with Crippen LogP contribution in [0.3, 0.4) is 0 Å². The van der Waals surface area contributed by atoms with Crippen LogP contribution in [0.15, 0.2) is 42.6 Å². The molecule has 0 unspecified atom stereocenters. The van der Waals surface area contributed by atoms with E-state index in [9.17, 15) is 9.90 Å². The molecule has 0 fully saturated rings. The Hall–Kier alpha value is -3.22. The Labute approximate surface area is 131 Å². The lowest BCUT2D eigenvalue weighted by Gasteiger charge is -2.13. The van der Waals surface area contributed by atoms with Crippen LogP contribution in [0.5, 0.6) is 5.75 Å². The fourth-order valence-electron chi connectivity index (χ4n) is 2.55. The number of carbonyl (C=O) groups excluding carboxylic acids is 1. The van der Waals surface area contributed by atoms with Crippen LogP contribution in [0, 0.1) is 0 Å². The van der Waals surface area contributed by atoms with Crippen LogP contribution in [0.4, 0.5) is 0 Å². The molecular formula is C16H13N5O2. The SMILES string of the molecule is O=C1NCCn2nc(-c3ccnc(-c4ccccc4O)n3)cc21. The van der Waals surface area contributed by atoms with Crippen molar-refractivity contribution >= 4 is 5.91 Å². The molecular weight excluding hydrogens is 294 g/mol. The minimum Gasteiger partial charge on any atom is -0.507 e. The second-order valence-corrected chi connectivity index (χ2v) is 5.18. The summed E-state index contributed by atoms with van der Waals surface area (Å²) in [6.07, 6.45) is 1.61. The van der Waals surface area contributed by atoms with Crippen LogP contribution in [0.1, 0.15) is 10.5 Å². The van der Waals surface area contributed by atoms with Crippen molar-refractivity contribution in [2.45, 2.75) is 6.54 Å². The average molecular weight is 307 g/mol. The predicted molar refractivity (Wildman–Crippen MR) is 82.7 cm³/mol. The predicted octanol–water partition coefficient (Wildman–Crippen LogP) is 1.46. The van der Waals surface area contributed by atoms with Gasteiger partial charge in [-0.25, -0.2) is 9.97 Å². The van der Waals surface area contributed by atoms with Crippen molar-refractivity contribution in [3.63, 3.8) is 0 Å². The van der Waals surface area contributed by atoms with Crippen LogP contribution >= 0.6 is 0 Å². The molecule has 1 amide bonds. The Morgan fingerprint density at radius 2 is 2.04 bits per heavy atom. The molecule has 1 aliphatic heterocycles. The van der Waals surface area contributed by atoms with E-state index in [1.54, 1.807) is 41.2 Å². The van der Waals surface area contributed by atoms with Gasteiger partial charge in [0.1, 0.15) is 17.1 Å². The molecule has 3 heterocycles. The molecule has 0 saturated heterocycles. The topological polar surface area (TPSA) is 92.9 Å². The van der Waals surface area contributed by atoms with Gasteiger partial charge in [-0.2, -0.15) is 5.10 Å². The zero-order chi connectivity index (χ0) is 15.8. The number of fused-ring (bicyclic) bond motifs is 1. The van der Waals surface area contributed by atoms with Gasteiger partial charge in [-0.3, -0.25) is 9.48 Å². The largest absolute Gasteiger partial charge is 0.507 e. The third-order valence-corrected chi connectivity index (χ3v) is 3.68. The summed E-state index contributed by atoms with van der Waals surface area (Å²) in [6, 6.07) is 10.3. The molecule has 1 aliphatic rings. The molecule has 7 heteroatoms. The normalized spacial score (nSPS) is 13.5. The highest BCUT2D eigenvalue weighted by molar-refractivity contribution is 5.94. The Morgan fingerprint density at radius 3 is 2.87 bits per heavy atom. The van der Waals surface area contributed by atoms with Crippen molar-refractivity contribution in [2.24, 2.45) is 0 Å². The quantitative estimate of drug-likeness (QED) is 0.747. The van der Waals surface area contributed by atoms with Gasteiger partial charge in [-0.15, -0.1) is 0 Å². The molecule has 23 heavy (non-hydrogen) atoms. The Balaban J connectivity index is 1.78. The third-order valence-electron chi connectivity index (χ3n) is 3.68. The summed E-state index contributed by atoms with van der Waals surface area (Å²) < 4.78 is 1.68. The molecule has 1 aromatic carbocycles. The van der Waals surface area contributed by atoms with Crippen LogP contribution in [0.25, 0.3) is 22.8 Å². The maximum Gasteiger partial charge on any atom is 0.269 e. The lowest BCUT2D eigenvalue weighted by Crippen LogP contribution is -2.35. The molecule has 4 rings (SSSR count). The molecule has 2 N–H and O–H groups in total. The van der Waals surface area contributed by atoms with Crippen LogP contribution in [-0.2, 0) is 6.54 Å². The first-order valence-corrected chi connectivity index (χ1v) is 7.20. The number of phenolic OH excluding ortho intramolecular Hbond substituents is 1. The first-order chi connectivity index (χ1) is 11.2. The molecule has 0 saturated carbocycles. The number of nitrogens with zero attached hydrogens (tertiary/aromatic N) is 4. The zero-order valence-corrected chi connectivity index (χ0v) is 12.1. The molecule has 7 nitrogen and oxygen atoms in total. The third kappa shape index (κ3) is 2.32. The van der Waals surface area contributed by atoms with Gasteiger partial charge in [-0.1, -0.05) is 12.1 Å². The fourth-order valence-corrected chi connectivity index (χ4v) is 2.55. The Morgan fingerprint density at radius 1 is 1.17 bits per heavy atom. The van der Waals surface area contributed by atoms with Gasteiger partial charge in [0.2, 0.25) is 0 Å². The molecule has 0 bridgehead atoms. The summed E-state index contributed by atoms with van der Waals surface area (Å²) in [5.41, 5.74) is 2.29. The number of aromatic hydroxyl groups is 1. The number of benzene rings is 1. The molecule has 0 aliphatic carbocycles. The monoisotopic (exact) mass is 307 g/mol. The number of nitrogens with one attached hydrogen (secondary N) is 1. The maximum absolute atomic E-state index is 11.8. The van der Waals surface area contributed by atoms with Crippen LogP contribution in [0.2, 0.25) is 0 Å². The van der Waals surface area contributed by atoms with Crippen molar-refractivity contribution in [2.75, 3.05) is 6.54 Å². The lowest BCUT2D eigenvalue weighted by molar-refractivity contribution is 0.0924. The van der Waals surface area contributed by atoms with Crippen molar-refractivity contribution in [3.8, 4) is 28.5 Å². The van der Waals surface area contributed by atoms with Gasteiger partial charge in [0.15, 0.2) is 5.82 Å². The molecule has 0 atom stereocenters. The molecule has 0 spiro atoms. The highest BCUT2D eigenvalue weighted by atomic mass is 16.3. The highest BCUT2D eigenvalue weighted by Gasteiger charge is 2.20. The molecule has 114 valence electrons. The van der Waals surface area contributed by atoms with Crippen molar-refractivity contribution < 1.29 is 9.90 Å². The van der Waals surface area contributed by atoms with E-state index in [-0.39, 0.29) is 11.7 Å². The van der Waals surface area contributed by atoms with E-state index in [0.717, 1.165) is 0 Å². The number of hydrogen-bond acceptors (Lipinski definition) is 5. The number of para-hydroxylation sites is 1.